The molecule has 0 spiro atoms. The number of hydrogen-bond acceptors (Lipinski definition) is 4. The highest BCUT2D eigenvalue weighted by atomic mass is 35.5. The second-order valence-electron chi connectivity index (χ2n) is 4.62. The first kappa shape index (κ1) is 17.0. The Labute approximate surface area is 120 Å². The number of aromatic nitrogens is 1. The molecule has 0 radical (unpaired) electrons. The molecule has 0 fully saturated rings. The van der Waals surface area contributed by atoms with Gasteiger partial charge < -0.3 is 10.6 Å². The molecule has 6 heteroatoms. The molecule has 2 N–H and O–H groups in total. The molecule has 0 saturated carbocycles. The van der Waals surface area contributed by atoms with Crippen molar-refractivity contribution in [3.05, 3.63) is 10.6 Å². The maximum atomic E-state index is 5.72. The number of anilines is 1. The molecule has 0 aliphatic carbocycles. The fourth-order valence-electron chi connectivity index (χ4n) is 2.13. The predicted molar refractivity (Wildman–Crippen MR) is 79.7 cm³/mol. The van der Waals surface area contributed by atoms with Crippen LogP contribution >= 0.6 is 36.2 Å². The number of nitrogens with zero attached hydrogens (tertiary/aromatic N) is 2. The first-order chi connectivity index (χ1) is 7.15. The van der Waals surface area contributed by atoms with Crippen molar-refractivity contribution in [1.82, 2.24) is 9.88 Å². The Morgan fingerprint density at radius 2 is 1.94 bits per heavy atom. The lowest BCUT2D eigenvalue weighted by atomic mass is 10.2. The Morgan fingerprint density at radius 1 is 1.29 bits per heavy atom. The molecular formula is C11H21Cl2N3S. The molecule has 1 aromatic rings. The van der Waals surface area contributed by atoms with E-state index in [4.69, 9.17) is 5.73 Å². The first-order valence-corrected chi connectivity index (χ1v) is 6.43. The molecule has 0 amide bonds. The third-order valence-electron chi connectivity index (χ3n) is 2.74. The third kappa shape index (κ3) is 4.62. The van der Waals surface area contributed by atoms with Gasteiger partial charge in [-0.2, -0.15) is 0 Å². The molecule has 1 aliphatic rings. The van der Waals surface area contributed by atoms with Gasteiger partial charge in [0.05, 0.1) is 5.69 Å². The zero-order chi connectivity index (χ0) is 10.8. The summed E-state index contributed by atoms with van der Waals surface area (Å²) in [6, 6.07) is 0. The number of halogens is 2. The highest BCUT2D eigenvalue weighted by molar-refractivity contribution is 7.15. The van der Waals surface area contributed by atoms with E-state index in [2.05, 4.69) is 23.7 Å². The van der Waals surface area contributed by atoms with E-state index < -0.39 is 0 Å². The minimum absolute atomic E-state index is 0. The minimum Gasteiger partial charge on any atom is -0.375 e. The van der Waals surface area contributed by atoms with Gasteiger partial charge in [-0.25, -0.2) is 4.98 Å². The molecule has 2 heterocycles. The molecule has 2 rings (SSSR count). The lowest BCUT2D eigenvalue weighted by Gasteiger charge is -2.21. The summed E-state index contributed by atoms with van der Waals surface area (Å²) in [4.78, 5) is 8.33. The number of fused-ring (bicyclic) bond motifs is 1. The van der Waals surface area contributed by atoms with Gasteiger partial charge in [-0.3, -0.25) is 0 Å². The highest BCUT2D eigenvalue weighted by Gasteiger charge is 2.17. The van der Waals surface area contributed by atoms with Crippen molar-refractivity contribution >= 4 is 41.3 Å². The van der Waals surface area contributed by atoms with E-state index >= 15 is 0 Å². The summed E-state index contributed by atoms with van der Waals surface area (Å²) in [5.41, 5.74) is 6.96. The van der Waals surface area contributed by atoms with E-state index in [-0.39, 0.29) is 24.8 Å². The maximum Gasteiger partial charge on any atom is 0.180 e. The van der Waals surface area contributed by atoms with Gasteiger partial charge in [0, 0.05) is 30.9 Å². The molecule has 0 atom stereocenters. The minimum atomic E-state index is 0. The van der Waals surface area contributed by atoms with Gasteiger partial charge in [-0.15, -0.1) is 36.2 Å². The maximum absolute atomic E-state index is 5.72. The Bertz CT molecular complexity index is 316. The van der Waals surface area contributed by atoms with E-state index in [1.54, 1.807) is 11.3 Å². The van der Waals surface area contributed by atoms with Gasteiger partial charge >= 0.3 is 0 Å². The second kappa shape index (κ2) is 7.41. The SMILES string of the molecule is CC(C)CN1CCc2nc(N)sc2CC1.Cl.Cl. The highest BCUT2D eigenvalue weighted by Crippen LogP contribution is 2.24. The summed E-state index contributed by atoms with van der Waals surface area (Å²) in [5, 5.41) is 0.734. The topological polar surface area (TPSA) is 42.2 Å². The number of thiazole rings is 1. The molecule has 0 saturated heterocycles. The van der Waals surface area contributed by atoms with Crippen LogP contribution in [0.3, 0.4) is 0 Å². The second-order valence-corrected chi connectivity index (χ2v) is 5.73. The summed E-state index contributed by atoms with van der Waals surface area (Å²) in [6.45, 7) is 8.04. The first-order valence-electron chi connectivity index (χ1n) is 5.61. The molecule has 0 bridgehead atoms. The molecule has 17 heavy (non-hydrogen) atoms. The van der Waals surface area contributed by atoms with Crippen molar-refractivity contribution in [2.24, 2.45) is 5.92 Å². The lowest BCUT2D eigenvalue weighted by Crippen LogP contribution is -2.30. The van der Waals surface area contributed by atoms with Crippen LogP contribution in [0.4, 0.5) is 5.13 Å². The van der Waals surface area contributed by atoms with Crippen molar-refractivity contribution in [3.63, 3.8) is 0 Å². The van der Waals surface area contributed by atoms with Gasteiger partial charge in [0.15, 0.2) is 5.13 Å². The van der Waals surface area contributed by atoms with Crippen molar-refractivity contribution in [2.45, 2.75) is 26.7 Å². The molecular weight excluding hydrogens is 277 g/mol. The molecule has 3 nitrogen and oxygen atoms in total. The smallest absolute Gasteiger partial charge is 0.180 e. The zero-order valence-electron chi connectivity index (χ0n) is 10.3. The number of nitrogens with two attached hydrogens (primary N) is 1. The number of rotatable bonds is 2. The van der Waals surface area contributed by atoms with E-state index in [1.807, 2.05) is 0 Å². The number of hydrogen-bond donors (Lipinski definition) is 1. The largest absolute Gasteiger partial charge is 0.375 e. The average molecular weight is 298 g/mol. The summed E-state index contributed by atoms with van der Waals surface area (Å²) in [5.74, 6) is 0.749. The van der Waals surface area contributed by atoms with Crippen LogP contribution in [-0.4, -0.2) is 29.5 Å². The van der Waals surface area contributed by atoms with E-state index in [0.29, 0.717) is 0 Å². The van der Waals surface area contributed by atoms with Gasteiger partial charge in [0.2, 0.25) is 0 Å². The van der Waals surface area contributed by atoms with Crippen molar-refractivity contribution < 1.29 is 0 Å². The predicted octanol–water partition coefficient (Wildman–Crippen LogP) is 2.63. The van der Waals surface area contributed by atoms with E-state index in [0.717, 1.165) is 37.0 Å². The summed E-state index contributed by atoms with van der Waals surface area (Å²) < 4.78 is 0. The molecule has 0 unspecified atom stereocenters. The van der Waals surface area contributed by atoms with Crippen LogP contribution in [0.15, 0.2) is 0 Å². The van der Waals surface area contributed by atoms with E-state index in [9.17, 15) is 0 Å². The molecule has 0 aromatic carbocycles. The van der Waals surface area contributed by atoms with Crippen LogP contribution in [0.2, 0.25) is 0 Å². The van der Waals surface area contributed by atoms with Gasteiger partial charge in [0.1, 0.15) is 0 Å². The number of nitrogen functional groups attached to an aromatic ring is 1. The monoisotopic (exact) mass is 297 g/mol. The zero-order valence-corrected chi connectivity index (χ0v) is 12.8. The Hall–Kier alpha value is -0.0300. The van der Waals surface area contributed by atoms with Crippen molar-refractivity contribution in [3.8, 4) is 0 Å². The van der Waals surface area contributed by atoms with Crippen LogP contribution in [-0.2, 0) is 12.8 Å². The van der Waals surface area contributed by atoms with Crippen molar-refractivity contribution in [2.75, 3.05) is 25.4 Å². The molecule has 1 aromatic heterocycles. The Balaban J connectivity index is 0.00000128. The average Bonchev–Trinajstić information content (AvgIpc) is 2.41. The van der Waals surface area contributed by atoms with Crippen molar-refractivity contribution in [1.29, 1.82) is 0 Å². The quantitative estimate of drug-likeness (QED) is 0.912. The van der Waals surface area contributed by atoms with Crippen LogP contribution in [0.25, 0.3) is 0 Å². The normalized spacial score (nSPS) is 15.7. The van der Waals surface area contributed by atoms with Gasteiger partial charge in [0.25, 0.3) is 0 Å². The Kier molecular flexibility index (Phi) is 7.40. The third-order valence-corrected chi connectivity index (χ3v) is 3.72. The fourth-order valence-corrected chi connectivity index (χ4v) is 3.00. The van der Waals surface area contributed by atoms with Crippen LogP contribution in [0.1, 0.15) is 24.4 Å². The van der Waals surface area contributed by atoms with Crippen LogP contribution < -0.4 is 5.73 Å². The van der Waals surface area contributed by atoms with E-state index in [1.165, 1.54) is 17.1 Å². The van der Waals surface area contributed by atoms with Crippen LogP contribution in [0.5, 0.6) is 0 Å². The summed E-state index contributed by atoms with van der Waals surface area (Å²) in [6.07, 6.45) is 2.19. The summed E-state index contributed by atoms with van der Waals surface area (Å²) in [7, 11) is 0. The summed E-state index contributed by atoms with van der Waals surface area (Å²) >= 11 is 1.66. The molecule has 1 aliphatic heterocycles. The Morgan fingerprint density at radius 3 is 2.59 bits per heavy atom. The lowest BCUT2D eigenvalue weighted by molar-refractivity contribution is 0.255. The molecule has 100 valence electrons. The standard InChI is InChI=1S/C11H19N3S.2ClH/c1-8(2)7-14-5-3-9-10(4-6-14)15-11(12)13-9;;/h8H,3-7H2,1-2H3,(H2,12,13);2*1H. The van der Waals surface area contributed by atoms with Gasteiger partial charge in [-0.05, 0) is 12.3 Å². The van der Waals surface area contributed by atoms with Crippen LogP contribution in [0, 0.1) is 5.92 Å². The van der Waals surface area contributed by atoms with Gasteiger partial charge in [-0.1, -0.05) is 13.8 Å². The fraction of sp³-hybridized carbons (Fsp3) is 0.727.